The normalized spacial score (nSPS) is 18.5. The molecule has 2 amide bonds. The average Bonchev–Trinajstić information content (AvgIpc) is 2.71. The summed E-state index contributed by atoms with van der Waals surface area (Å²) in [7, 11) is 0. The molecule has 1 unspecified atom stereocenters. The van der Waals surface area contributed by atoms with Crippen molar-refractivity contribution < 1.29 is 18.4 Å². The van der Waals surface area contributed by atoms with E-state index in [4.69, 9.17) is 0 Å². The number of nitrogens with one attached hydrogen (secondary N) is 1. The molecule has 4 nitrogen and oxygen atoms in total. The Morgan fingerprint density at radius 1 is 1.42 bits per heavy atom. The molecule has 1 N–H and O–H groups in total. The zero-order valence-corrected chi connectivity index (χ0v) is 10.0. The lowest BCUT2D eigenvalue weighted by atomic mass is 10.2. The summed E-state index contributed by atoms with van der Waals surface area (Å²) >= 11 is 0. The maximum Gasteiger partial charge on any atom is 0.249 e. The van der Waals surface area contributed by atoms with Crippen LogP contribution in [-0.4, -0.2) is 24.4 Å². The molecule has 1 aromatic carbocycles. The molecule has 1 aromatic rings. The molecule has 0 aliphatic carbocycles. The summed E-state index contributed by atoms with van der Waals surface area (Å²) in [6.07, 6.45) is 1.34. The van der Waals surface area contributed by atoms with Crippen LogP contribution in [0.15, 0.2) is 30.9 Å². The molecule has 1 aliphatic rings. The molecule has 0 radical (unpaired) electrons. The van der Waals surface area contributed by atoms with Crippen molar-refractivity contribution in [3.63, 3.8) is 0 Å². The first-order chi connectivity index (χ1) is 9.04. The highest BCUT2D eigenvalue weighted by Crippen LogP contribution is 2.27. The number of halogens is 2. The van der Waals surface area contributed by atoms with Crippen LogP contribution in [-0.2, 0) is 9.59 Å². The quantitative estimate of drug-likeness (QED) is 0.840. The van der Waals surface area contributed by atoms with Gasteiger partial charge in [-0.25, -0.2) is 8.78 Å². The third-order valence-electron chi connectivity index (χ3n) is 2.91. The van der Waals surface area contributed by atoms with Gasteiger partial charge in [0.15, 0.2) is 0 Å². The highest BCUT2D eigenvalue weighted by Gasteiger charge is 2.35. The lowest BCUT2D eigenvalue weighted by molar-refractivity contribution is -0.123. The van der Waals surface area contributed by atoms with Crippen LogP contribution in [0.5, 0.6) is 0 Å². The maximum absolute atomic E-state index is 13.6. The van der Waals surface area contributed by atoms with Crippen LogP contribution in [0.4, 0.5) is 14.5 Å². The number of para-hydroxylation sites is 1. The molecule has 19 heavy (non-hydrogen) atoms. The molecule has 0 spiro atoms. The van der Waals surface area contributed by atoms with Crippen molar-refractivity contribution in [3.05, 3.63) is 42.5 Å². The summed E-state index contributed by atoms with van der Waals surface area (Å²) in [6, 6.07) is 2.62. The van der Waals surface area contributed by atoms with Crippen LogP contribution in [0.25, 0.3) is 0 Å². The molecule has 0 saturated carbocycles. The Labute approximate surface area is 108 Å². The van der Waals surface area contributed by atoms with E-state index in [-0.39, 0.29) is 12.2 Å². The molecular formula is C13H12F2N2O2. The number of hydrogen-bond donors (Lipinski definition) is 1. The predicted molar refractivity (Wildman–Crippen MR) is 65.5 cm³/mol. The smallest absolute Gasteiger partial charge is 0.249 e. The van der Waals surface area contributed by atoms with Gasteiger partial charge in [-0.3, -0.25) is 9.59 Å². The van der Waals surface area contributed by atoms with Crippen LogP contribution in [0.1, 0.15) is 6.42 Å². The molecule has 1 fully saturated rings. The van der Waals surface area contributed by atoms with Gasteiger partial charge >= 0.3 is 0 Å². The summed E-state index contributed by atoms with van der Waals surface area (Å²) in [5.41, 5.74) is -0.372. The highest BCUT2D eigenvalue weighted by molar-refractivity contribution is 6.02. The van der Waals surface area contributed by atoms with E-state index in [0.29, 0.717) is 6.42 Å². The number of carbonyl (C=O) groups is 2. The standard InChI is InChI=1S/C13H12F2N2O2/c1-2-11(18)16-10-6-7-17(13(10)19)12-8(14)4-3-5-9(12)15/h2-5,10H,1,6-7H2,(H,16,18). The van der Waals surface area contributed by atoms with Crippen LogP contribution in [0.3, 0.4) is 0 Å². The molecule has 1 saturated heterocycles. The van der Waals surface area contributed by atoms with Crippen LogP contribution >= 0.6 is 0 Å². The van der Waals surface area contributed by atoms with Gasteiger partial charge in [0.2, 0.25) is 11.8 Å². The zero-order valence-electron chi connectivity index (χ0n) is 10.0. The van der Waals surface area contributed by atoms with Gasteiger partial charge in [-0.2, -0.15) is 0 Å². The van der Waals surface area contributed by atoms with E-state index in [0.717, 1.165) is 23.1 Å². The first-order valence-electron chi connectivity index (χ1n) is 5.73. The fourth-order valence-corrected chi connectivity index (χ4v) is 2.01. The van der Waals surface area contributed by atoms with E-state index in [9.17, 15) is 18.4 Å². The number of nitrogens with zero attached hydrogens (tertiary/aromatic N) is 1. The summed E-state index contributed by atoms with van der Waals surface area (Å²) in [6.45, 7) is 3.43. The van der Waals surface area contributed by atoms with Gasteiger partial charge in [-0.1, -0.05) is 12.6 Å². The van der Waals surface area contributed by atoms with E-state index in [1.807, 2.05) is 0 Å². The Hall–Kier alpha value is -2.24. The minimum atomic E-state index is -0.802. The second-order valence-electron chi connectivity index (χ2n) is 4.11. The molecule has 100 valence electrons. The van der Waals surface area contributed by atoms with E-state index in [1.54, 1.807) is 0 Å². The number of carbonyl (C=O) groups excluding carboxylic acids is 2. The average molecular weight is 266 g/mol. The zero-order chi connectivity index (χ0) is 14.0. The fraction of sp³-hybridized carbons (Fsp3) is 0.231. The van der Waals surface area contributed by atoms with E-state index >= 15 is 0 Å². The first-order valence-corrected chi connectivity index (χ1v) is 5.73. The third kappa shape index (κ3) is 2.47. The van der Waals surface area contributed by atoms with Gasteiger partial charge in [0.05, 0.1) is 0 Å². The monoisotopic (exact) mass is 266 g/mol. The predicted octanol–water partition coefficient (Wildman–Crippen LogP) is 1.37. The SMILES string of the molecule is C=CC(=O)NC1CCN(c2c(F)cccc2F)C1=O. The minimum absolute atomic E-state index is 0.152. The van der Waals surface area contributed by atoms with Crippen molar-refractivity contribution in [1.82, 2.24) is 5.32 Å². The molecule has 0 bridgehead atoms. The van der Waals surface area contributed by atoms with E-state index in [1.165, 1.54) is 6.07 Å². The van der Waals surface area contributed by atoms with Crippen LogP contribution in [0, 0.1) is 11.6 Å². The molecule has 1 aliphatic heterocycles. The van der Waals surface area contributed by atoms with Crippen LogP contribution in [0.2, 0.25) is 0 Å². The van der Waals surface area contributed by atoms with Crippen molar-refractivity contribution in [2.45, 2.75) is 12.5 Å². The molecule has 6 heteroatoms. The number of rotatable bonds is 3. The van der Waals surface area contributed by atoms with Crippen molar-refractivity contribution in [2.75, 3.05) is 11.4 Å². The van der Waals surface area contributed by atoms with Gasteiger partial charge in [0, 0.05) is 6.54 Å². The van der Waals surface area contributed by atoms with Crippen molar-refractivity contribution in [3.8, 4) is 0 Å². The van der Waals surface area contributed by atoms with Crippen molar-refractivity contribution in [2.24, 2.45) is 0 Å². The Balaban J connectivity index is 2.22. The van der Waals surface area contributed by atoms with Crippen molar-refractivity contribution in [1.29, 1.82) is 0 Å². The molecule has 1 atom stereocenters. The lowest BCUT2D eigenvalue weighted by Gasteiger charge is -2.18. The summed E-state index contributed by atoms with van der Waals surface area (Å²) in [5.74, 6) is -2.62. The van der Waals surface area contributed by atoms with Crippen molar-refractivity contribution >= 4 is 17.5 Å². The summed E-state index contributed by atoms with van der Waals surface area (Å²) < 4.78 is 27.2. The molecule has 0 aromatic heterocycles. The van der Waals surface area contributed by atoms with Gasteiger partial charge < -0.3 is 10.2 Å². The fourth-order valence-electron chi connectivity index (χ4n) is 2.01. The van der Waals surface area contributed by atoms with E-state index in [2.05, 4.69) is 11.9 Å². The lowest BCUT2D eigenvalue weighted by Crippen LogP contribution is -2.41. The van der Waals surface area contributed by atoms with Crippen LogP contribution < -0.4 is 10.2 Å². The van der Waals surface area contributed by atoms with Gasteiger partial charge in [-0.15, -0.1) is 0 Å². The first kappa shape index (κ1) is 13.2. The molecular weight excluding hydrogens is 254 g/mol. The maximum atomic E-state index is 13.6. The number of benzene rings is 1. The molecule has 2 rings (SSSR count). The topological polar surface area (TPSA) is 49.4 Å². The highest BCUT2D eigenvalue weighted by atomic mass is 19.1. The molecule has 1 heterocycles. The Morgan fingerprint density at radius 2 is 2.05 bits per heavy atom. The van der Waals surface area contributed by atoms with Gasteiger partial charge in [0.1, 0.15) is 23.4 Å². The van der Waals surface area contributed by atoms with Gasteiger partial charge in [-0.05, 0) is 24.6 Å². The Bertz CT molecular complexity index is 525. The largest absolute Gasteiger partial charge is 0.341 e. The number of anilines is 1. The van der Waals surface area contributed by atoms with E-state index < -0.39 is 29.5 Å². The number of amides is 2. The second-order valence-corrected chi connectivity index (χ2v) is 4.11. The number of hydrogen-bond acceptors (Lipinski definition) is 2. The minimum Gasteiger partial charge on any atom is -0.341 e. The summed E-state index contributed by atoms with van der Waals surface area (Å²) in [4.78, 5) is 24.2. The Morgan fingerprint density at radius 3 is 2.63 bits per heavy atom. The Kier molecular flexibility index (Phi) is 3.59. The summed E-state index contributed by atoms with van der Waals surface area (Å²) in [5, 5.41) is 2.42. The second kappa shape index (κ2) is 5.17. The third-order valence-corrected chi connectivity index (χ3v) is 2.91. The van der Waals surface area contributed by atoms with Gasteiger partial charge in [0.25, 0.3) is 0 Å².